The predicted octanol–water partition coefficient (Wildman–Crippen LogP) is 3.26. The lowest BCUT2D eigenvalue weighted by molar-refractivity contribution is -0.274. The second kappa shape index (κ2) is 10.1. The summed E-state index contributed by atoms with van der Waals surface area (Å²) in [6.45, 7) is 0.262. The van der Waals surface area contributed by atoms with Crippen LogP contribution in [0.3, 0.4) is 0 Å². The van der Waals surface area contributed by atoms with Crippen LogP contribution in [0.4, 0.5) is 18.9 Å². The van der Waals surface area contributed by atoms with Crippen molar-refractivity contribution < 1.29 is 32.6 Å². The number of ether oxygens (including phenoxy) is 1. The number of carbonyl (C=O) groups is 2. The summed E-state index contributed by atoms with van der Waals surface area (Å²) in [5.74, 6) is -2.14. The first kappa shape index (κ1) is 21.7. The summed E-state index contributed by atoms with van der Waals surface area (Å²) in [5, 5.41) is 15.9. The molecule has 28 heavy (non-hydrogen) atoms. The molecule has 0 radical (unpaired) electrons. The molecule has 2 aromatic rings. The van der Waals surface area contributed by atoms with Crippen molar-refractivity contribution >= 4 is 28.8 Å². The lowest BCUT2D eigenvalue weighted by Gasteiger charge is -2.14. The Morgan fingerprint density at radius 3 is 2.39 bits per heavy atom. The van der Waals surface area contributed by atoms with Gasteiger partial charge in [-0.25, -0.2) is 0 Å². The van der Waals surface area contributed by atoms with Crippen molar-refractivity contribution in [3.63, 3.8) is 0 Å². The first-order valence-corrected chi connectivity index (χ1v) is 9.25. The average molecular weight is 416 g/mol. The van der Waals surface area contributed by atoms with Gasteiger partial charge in [-0.1, -0.05) is 6.07 Å². The highest BCUT2D eigenvalue weighted by Gasteiger charge is 2.31. The Morgan fingerprint density at radius 2 is 1.82 bits per heavy atom. The topological polar surface area (TPSA) is 87.7 Å². The lowest BCUT2D eigenvalue weighted by Crippen LogP contribution is -2.36. The molecule has 0 saturated carbocycles. The number of rotatable bonds is 8. The van der Waals surface area contributed by atoms with Gasteiger partial charge in [-0.05, 0) is 54.5 Å². The number of amides is 2. The van der Waals surface area contributed by atoms with Gasteiger partial charge >= 0.3 is 18.2 Å². The van der Waals surface area contributed by atoms with E-state index in [9.17, 15) is 22.8 Å². The van der Waals surface area contributed by atoms with Crippen molar-refractivity contribution in [3.8, 4) is 5.75 Å². The van der Waals surface area contributed by atoms with E-state index in [4.69, 9.17) is 5.11 Å². The standard InChI is InChI=1S/C18H19F3N2O4S/c19-18(20,21)27-14-5-3-13(4-6-14)23-17(26)16(25)22-9-7-12(8-10-24)15-2-1-11-28-15/h1-6,11-12,24H,7-10H2,(H,22,25)(H,23,26). The zero-order valence-corrected chi connectivity index (χ0v) is 15.5. The number of benzene rings is 1. The molecule has 0 aliphatic rings. The van der Waals surface area contributed by atoms with E-state index in [1.54, 1.807) is 11.3 Å². The molecule has 0 saturated heterocycles. The molecule has 6 nitrogen and oxygen atoms in total. The summed E-state index contributed by atoms with van der Waals surface area (Å²) in [7, 11) is 0. The van der Waals surface area contributed by atoms with Crippen LogP contribution in [0.15, 0.2) is 41.8 Å². The van der Waals surface area contributed by atoms with Gasteiger partial charge in [-0.15, -0.1) is 24.5 Å². The predicted molar refractivity (Wildman–Crippen MR) is 98.1 cm³/mol. The average Bonchev–Trinajstić information content (AvgIpc) is 3.15. The van der Waals surface area contributed by atoms with E-state index >= 15 is 0 Å². The van der Waals surface area contributed by atoms with E-state index in [-0.39, 0.29) is 24.8 Å². The number of aliphatic hydroxyl groups excluding tert-OH is 1. The second-order valence-electron chi connectivity index (χ2n) is 5.80. The summed E-state index contributed by atoms with van der Waals surface area (Å²) in [4.78, 5) is 24.9. The third-order valence-corrected chi connectivity index (χ3v) is 4.79. The SMILES string of the molecule is O=C(NCCC(CCO)c1cccs1)C(=O)Nc1ccc(OC(F)(F)F)cc1. The molecule has 2 amide bonds. The highest BCUT2D eigenvalue weighted by atomic mass is 32.1. The van der Waals surface area contributed by atoms with Crippen LogP contribution in [0, 0.1) is 0 Å². The zero-order valence-electron chi connectivity index (χ0n) is 14.7. The van der Waals surface area contributed by atoms with Gasteiger partial charge in [-0.2, -0.15) is 0 Å². The molecular formula is C18H19F3N2O4S. The van der Waals surface area contributed by atoms with Crippen molar-refractivity contribution in [1.82, 2.24) is 5.32 Å². The van der Waals surface area contributed by atoms with Gasteiger partial charge in [0, 0.05) is 23.7 Å². The molecule has 1 atom stereocenters. The molecule has 2 rings (SSSR count). The quantitative estimate of drug-likeness (QED) is 0.577. The summed E-state index contributed by atoms with van der Waals surface area (Å²) < 4.78 is 40.1. The van der Waals surface area contributed by atoms with Gasteiger partial charge < -0.3 is 20.5 Å². The van der Waals surface area contributed by atoms with Crippen LogP contribution < -0.4 is 15.4 Å². The van der Waals surface area contributed by atoms with Crippen LogP contribution in [0.25, 0.3) is 0 Å². The first-order valence-electron chi connectivity index (χ1n) is 8.37. The molecule has 0 fully saturated rings. The van der Waals surface area contributed by atoms with Gasteiger partial charge in [0.05, 0.1) is 0 Å². The fourth-order valence-electron chi connectivity index (χ4n) is 2.48. The number of carbonyl (C=O) groups excluding carboxylic acids is 2. The van der Waals surface area contributed by atoms with Crippen LogP contribution in [0.1, 0.15) is 23.6 Å². The summed E-state index contributed by atoms with van der Waals surface area (Å²) >= 11 is 1.56. The number of nitrogens with one attached hydrogen (secondary N) is 2. The number of thiophene rings is 1. The van der Waals surface area contributed by atoms with Crippen LogP contribution >= 0.6 is 11.3 Å². The Bertz CT molecular complexity index is 764. The van der Waals surface area contributed by atoms with E-state index < -0.39 is 23.9 Å². The van der Waals surface area contributed by atoms with E-state index in [0.29, 0.717) is 12.8 Å². The van der Waals surface area contributed by atoms with Gasteiger partial charge in [0.1, 0.15) is 5.75 Å². The minimum Gasteiger partial charge on any atom is -0.406 e. The van der Waals surface area contributed by atoms with Gasteiger partial charge in [0.15, 0.2) is 0 Å². The lowest BCUT2D eigenvalue weighted by atomic mass is 10.00. The van der Waals surface area contributed by atoms with E-state index in [0.717, 1.165) is 17.0 Å². The Labute approximate surface area is 163 Å². The molecule has 1 unspecified atom stereocenters. The number of anilines is 1. The zero-order chi connectivity index (χ0) is 20.6. The Kier molecular flexibility index (Phi) is 7.82. The fraction of sp³-hybridized carbons (Fsp3) is 0.333. The van der Waals surface area contributed by atoms with Crippen LogP contribution in [0.2, 0.25) is 0 Å². The van der Waals surface area contributed by atoms with Crippen LogP contribution in [-0.4, -0.2) is 36.4 Å². The van der Waals surface area contributed by atoms with Gasteiger partial charge in [-0.3, -0.25) is 9.59 Å². The monoisotopic (exact) mass is 416 g/mol. The Hall–Kier alpha value is -2.59. The molecule has 1 heterocycles. The van der Waals surface area contributed by atoms with Crippen molar-refractivity contribution in [3.05, 3.63) is 46.7 Å². The third-order valence-electron chi connectivity index (χ3n) is 3.75. The molecule has 152 valence electrons. The highest BCUT2D eigenvalue weighted by Crippen LogP contribution is 2.27. The molecule has 10 heteroatoms. The molecule has 0 aliphatic heterocycles. The van der Waals surface area contributed by atoms with Crippen LogP contribution in [0.5, 0.6) is 5.75 Å². The molecule has 0 aliphatic carbocycles. The Morgan fingerprint density at radius 1 is 1.11 bits per heavy atom. The number of halogens is 3. The van der Waals surface area contributed by atoms with E-state index in [1.165, 1.54) is 12.1 Å². The summed E-state index contributed by atoms with van der Waals surface area (Å²) in [6.07, 6.45) is -3.69. The minimum absolute atomic E-state index is 0.0189. The third kappa shape index (κ3) is 7.20. The fourth-order valence-corrected chi connectivity index (χ4v) is 3.38. The van der Waals surface area contributed by atoms with Crippen molar-refractivity contribution in [2.75, 3.05) is 18.5 Å². The van der Waals surface area contributed by atoms with Crippen LogP contribution in [-0.2, 0) is 9.59 Å². The summed E-state index contributed by atoms with van der Waals surface area (Å²) in [6, 6.07) is 8.30. The van der Waals surface area contributed by atoms with E-state index in [2.05, 4.69) is 15.4 Å². The molecular weight excluding hydrogens is 397 g/mol. The largest absolute Gasteiger partial charge is 0.573 e. The maximum atomic E-state index is 12.1. The van der Waals surface area contributed by atoms with Gasteiger partial charge in [0.2, 0.25) is 0 Å². The molecule has 0 spiro atoms. The molecule has 1 aromatic heterocycles. The van der Waals surface area contributed by atoms with E-state index in [1.807, 2.05) is 17.5 Å². The number of hydrogen-bond donors (Lipinski definition) is 3. The smallest absolute Gasteiger partial charge is 0.406 e. The number of alkyl halides is 3. The minimum atomic E-state index is -4.80. The first-order chi connectivity index (χ1) is 13.3. The normalized spacial score (nSPS) is 12.3. The summed E-state index contributed by atoms with van der Waals surface area (Å²) in [5.41, 5.74) is 0.159. The highest BCUT2D eigenvalue weighted by molar-refractivity contribution is 7.10. The van der Waals surface area contributed by atoms with Crippen molar-refractivity contribution in [2.45, 2.75) is 25.1 Å². The number of hydrogen-bond acceptors (Lipinski definition) is 5. The Balaban J connectivity index is 1.80. The van der Waals surface area contributed by atoms with Gasteiger partial charge in [0.25, 0.3) is 0 Å². The molecule has 0 bridgehead atoms. The maximum Gasteiger partial charge on any atom is 0.573 e. The van der Waals surface area contributed by atoms with Crippen molar-refractivity contribution in [2.24, 2.45) is 0 Å². The maximum absolute atomic E-state index is 12.1. The molecule has 3 N–H and O–H groups in total. The second-order valence-corrected chi connectivity index (χ2v) is 6.77. The number of aliphatic hydroxyl groups is 1. The molecule has 1 aromatic carbocycles. The van der Waals surface area contributed by atoms with Crippen molar-refractivity contribution in [1.29, 1.82) is 0 Å².